The zero-order chi connectivity index (χ0) is 29.0. The van der Waals surface area contributed by atoms with Gasteiger partial charge in [0, 0.05) is 30.9 Å². The molecule has 1 fully saturated rings. The van der Waals surface area contributed by atoms with Crippen molar-refractivity contribution in [2.24, 2.45) is 17.6 Å². The Morgan fingerprint density at radius 1 is 1.15 bits per heavy atom. The van der Waals surface area contributed by atoms with Crippen molar-refractivity contribution in [1.29, 1.82) is 0 Å². The monoisotopic (exact) mass is 544 g/mol. The fourth-order valence-corrected chi connectivity index (χ4v) is 6.25. The topological polar surface area (TPSA) is 197 Å². The summed E-state index contributed by atoms with van der Waals surface area (Å²) < 4.78 is 11.5. The average Bonchev–Trinajstić information content (AvgIpc) is 2.84. The number of carbonyl (C=O) groups excluding carboxylic acids is 4. The number of fused-ring (bicyclic) bond motifs is 3. The van der Waals surface area contributed by atoms with Gasteiger partial charge in [-0.3, -0.25) is 24.1 Å². The molecule has 3 aliphatic carbocycles. The van der Waals surface area contributed by atoms with Crippen LogP contribution in [0.1, 0.15) is 37.3 Å². The summed E-state index contributed by atoms with van der Waals surface area (Å²) in [4.78, 5) is 53.7. The highest BCUT2D eigenvalue weighted by atomic mass is 16.5. The molecule has 1 saturated carbocycles. The molecule has 39 heavy (non-hydrogen) atoms. The Labute approximate surface area is 224 Å². The molecule has 12 heteroatoms. The number of hydrogen-bond donors (Lipinski definition) is 5. The van der Waals surface area contributed by atoms with Gasteiger partial charge in [-0.05, 0) is 32.1 Å². The molecule has 3 aliphatic rings. The van der Waals surface area contributed by atoms with Gasteiger partial charge >= 0.3 is 5.97 Å². The summed E-state index contributed by atoms with van der Waals surface area (Å²) in [5.41, 5.74) is 1.29. The van der Waals surface area contributed by atoms with Crippen molar-refractivity contribution in [2.45, 2.75) is 43.9 Å². The predicted octanol–water partition coefficient (Wildman–Crippen LogP) is 0.473. The summed E-state index contributed by atoms with van der Waals surface area (Å²) in [6, 6.07) is 3.03. The average molecular weight is 545 g/mol. The Kier molecular flexibility index (Phi) is 7.32. The molecule has 210 valence electrons. The first-order valence-corrected chi connectivity index (χ1v) is 12.5. The number of aliphatic hydroxyl groups is 3. The van der Waals surface area contributed by atoms with Crippen LogP contribution >= 0.6 is 0 Å². The van der Waals surface area contributed by atoms with Crippen LogP contribution in [0, 0.1) is 11.8 Å². The van der Waals surface area contributed by atoms with Crippen molar-refractivity contribution in [3.05, 3.63) is 46.2 Å². The normalized spacial score (nSPS) is 30.2. The van der Waals surface area contributed by atoms with E-state index >= 15 is 0 Å². The molecule has 0 bridgehead atoms. The highest BCUT2D eigenvalue weighted by Crippen LogP contribution is 2.57. The van der Waals surface area contributed by atoms with E-state index in [4.69, 9.17) is 15.2 Å². The van der Waals surface area contributed by atoms with E-state index in [1.165, 1.54) is 25.1 Å². The number of likely N-dealkylation sites (N-methyl/N-ethyl adjacent to an activating group) is 1. The minimum absolute atomic E-state index is 0.0309. The summed E-state index contributed by atoms with van der Waals surface area (Å²) >= 11 is 0. The first-order valence-electron chi connectivity index (χ1n) is 12.5. The van der Waals surface area contributed by atoms with Gasteiger partial charge in [-0.2, -0.15) is 0 Å². The van der Waals surface area contributed by atoms with Crippen LogP contribution in [0.5, 0.6) is 5.75 Å². The van der Waals surface area contributed by atoms with E-state index in [-0.39, 0.29) is 17.9 Å². The van der Waals surface area contributed by atoms with Crippen LogP contribution < -0.4 is 5.73 Å². The molecule has 1 aromatic carbocycles. The number of benzene rings is 1. The van der Waals surface area contributed by atoms with Crippen molar-refractivity contribution in [3.8, 4) is 5.75 Å². The number of ether oxygens (including phenoxy) is 2. The number of nitrogens with two attached hydrogens (primary N) is 1. The molecule has 0 radical (unpaired) electrons. The van der Waals surface area contributed by atoms with Gasteiger partial charge in [0.25, 0.3) is 5.91 Å². The van der Waals surface area contributed by atoms with Gasteiger partial charge in [0.2, 0.25) is 5.78 Å². The van der Waals surface area contributed by atoms with Crippen LogP contribution in [-0.4, -0.2) is 93.8 Å². The van der Waals surface area contributed by atoms with Gasteiger partial charge in [0.1, 0.15) is 28.9 Å². The predicted molar refractivity (Wildman–Crippen MR) is 135 cm³/mol. The molecular formula is C27H32N2O10. The van der Waals surface area contributed by atoms with Crippen molar-refractivity contribution in [3.63, 3.8) is 0 Å². The molecule has 1 aromatic rings. The number of primary amides is 1. The van der Waals surface area contributed by atoms with Crippen LogP contribution in [0.2, 0.25) is 0 Å². The molecule has 0 saturated heterocycles. The van der Waals surface area contributed by atoms with Crippen LogP contribution in [0.4, 0.5) is 0 Å². The third-order valence-corrected chi connectivity index (χ3v) is 7.72. The van der Waals surface area contributed by atoms with Gasteiger partial charge in [0.15, 0.2) is 11.4 Å². The number of carbonyl (C=O) groups is 4. The van der Waals surface area contributed by atoms with E-state index in [1.54, 1.807) is 12.1 Å². The van der Waals surface area contributed by atoms with Crippen LogP contribution in [0.25, 0.3) is 5.76 Å². The second-order valence-corrected chi connectivity index (χ2v) is 10.3. The van der Waals surface area contributed by atoms with Gasteiger partial charge in [0.05, 0.1) is 24.1 Å². The highest BCUT2D eigenvalue weighted by Gasteiger charge is 2.69. The zero-order valence-corrected chi connectivity index (χ0v) is 22.0. The van der Waals surface area contributed by atoms with E-state index < -0.39 is 81.6 Å². The van der Waals surface area contributed by atoms with Gasteiger partial charge in [-0.15, -0.1) is 0 Å². The van der Waals surface area contributed by atoms with Gasteiger partial charge in [-0.25, -0.2) is 0 Å². The number of aliphatic hydroxyl groups excluding tert-OH is 2. The number of ketones is 2. The molecule has 0 heterocycles. The second-order valence-electron chi connectivity index (χ2n) is 10.3. The number of phenolic OH excluding ortho intramolecular Hbond substituents is 1. The molecule has 0 aromatic heterocycles. The lowest BCUT2D eigenvalue weighted by Crippen LogP contribution is -2.71. The van der Waals surface area contributed by atoms with Crippen LogP contribution in [0.15, 0.2) is 35.1 Å². The summed E-state index contributed by atoms with van der Waals surface area (Å²) in [6.45, 7) is 3.30. The Hall–Kier alpha value is -3.74. The number of nitrogens with zero attached hydrogens (tertiary/aromatic N) is 1. The standard InChI is InChI=1S/C27H32N2O10/c1-5-9-38-10-13-12-7-6-8-14(31)15(12)21(32)17-16(13)23(39-11(2)30)19-20(29(3)4)22(33)18(26(28)36)25(35)27(19,37)24(17)34/h6-8,13,16,19-20,23,31-32,35,37H,5,9-10H2,1-4H3,(H2,28,36)/t13-,16+,19+,20-,23-,27-/m1/s1. The molecule has 0 unspecified atom stereocenters. The smallest absolute Gasteiger partial charge is 0.302 e. The molecule has 6 N–H and O–H groups in total. The Morgan fingerprint density at radius 2 is 1.82 bits per heavy atom. The van der Waals surface area contributed by atoms with Crippen molar-refractivity contribution >= 4 is 29.2 Å². The minimum atomic E-state index is -2.98. The number of hydrogen-bond acceptors (Lipinski definition) is 11. The van der Waals surface area contributed by atoms with Crippen LogP contribution in [-0.2, 0) is 28.7 Å². The fourth-order valence-electron chi connectivity index (χ4n) is 6.25. The zero-order valence-electron chi connectivity index (χ0n) is 22.0. The van der Waals surface area contributed by atoms with E-state index in [2.05, 4.69) is 0 Å². The van der Waals surface area contributed by atoms with E-state index in [0.29, 0.717) is 18.6 Å². The first kappa shape index (κ1) is 28.3. The SMILES string of the molecule is CCCOC[C@@H]1c2cccc(O)c2C(O)=C2C(=O)[C@@]3(O)C(O)=C(C(N)=O)C(=O)[C@H](N(C)C)[C@H]3[C@H](OC(C)=O)[C@H]21. The fraction of sp³-hybridized carbons (Fsp3) is 0.481. The van der Waals surface area contributed by atoms with E-state index in [0.717, 1.165) is 6.92 Å². The summed E-state index contributed by atoms with van der Waals surface area (Å²) in [5.74, 6) is -10.3. The maximum atomic E-state index is 14.2. The molecule has 12 nitrogen and oxygen atoms in total. The van der Waals surface area contributed by atoms with Gasteiger partial charge in [-0.1, -0.05) is 19.1 Å². The van der Waals surface area contributed by atoms with E-state index in [9.17, 15) is 39.6 Å². The third-order valence-electron chi connectivity index (χ3n) is 7.72. The lowest BCUT2D eigenvalue weighted by molar-refractivity contribution is -0.185. The number of Topliss-reactive ketones (excluding diaryl/α,β-unsaturated/α-hetero) is 2. The van der Waals surface area contributed by atoms with Crippen LogP contribution in [0.3, 0.4) is 0 Å². The maximum Gasteiger partial charge on any atom is 0.302 e. The van der Waals surface area contributed by atoms with E-state index in [1.807, 2.05) is 6.92 Å². The first-order chi connectivity index (χ1) is 18.3. The number of phenols is 1. The Balaban J connectivity index is 2.10. The molecule has 0 spiro atoms. The van der Waals surface area contributed by atoms with Crippen molar-refractivity contribution in [1.82, 2.24) is 4.90 Å². The summed E-state index contributed by atoms with van der Waals surface area (Å²) in [7, 11) is 2.91. The van der Waals surface area contributed by atoms with Crippen molar-refractivity contribution < 1.29 is 49.1 Å². The van der Waals surface area contributed by atoms with Crippen molar-refractivity contribution in [2.75, 3.05) is 27.3 Å². The third kappa shape index (κ3) is 4.10. The quantitative estimate of drug-likeness (QED) is 0.182. The maximum absolute atomic E-state index is 14.2. The number of amides is 1. The molecule has 0 aliphatic heterocycles. The Bertz CT molecular complexity index is 1320. The minimum Gasteiger partial charge on any atom is -0.508 e. The number of esters is 1. The van der Waals surface area contributed by atoms with Gasteiger partial charge < -0.3 is 35.6 Å². The molecular weight excluding hydrogens is 512 g/mol. The largest absolute Gasteiger partial charge is 0.508 e. The summed E-state index contributed by atoms with van der Waals surface area (Å²) in [5, 5.41) is 45.1. The Morgan fingerprint density at radius 3 is 2.38 bits per heavy atom. The number of aromatic hydroxyl groups is 1. The second kappa shape index (κ2) is 10.1. The lowest BCUT2D eigenvalue weighted by atomic mass is 9.54. The number of rotatable bonds is 7. The highest BCUT2D eigenvalue weighted by molar-refractivity contribution is 6.24. The summed E-state index contributed by atoms with van der Waals surface area (Å²) in [6.07, 6.45) is -0.806. The molecule has 6 atom stereocenters. The molecule has 4 rings (SSSR count). The molecule has 1 amide bonds. The lowest BCUT2D eigenvalue weighted by Gasteiger charge is -2.54.